The Morgan fingerprint density at radius 1 is 1.12 bits per heavy atom. The second-order valence-corrected chi connectivity index (χ2v) is 3.19. The molecule has 7 heteroatoms. The topological polar surface area (TPSA) is 46.2 Å². The number of hydrogen-bond donors (Lipinski definition) is 2. The lowest BCUT2D eigenvalue weighted by atomic mass is 10.0. The van der Waals surface area contributed by atoms with Crippen LogP contribution in [0.1, 0.15) is 11.6 Å². The minimum Gasteiger partial charge on any atom is -0.382 e. The SMILES string of the molecule is N[C@@H](c1ccc(F)c(F)c1)[C@H](O)C(F)(F)F. The van der Waals surface area contributed by atoms with Crippen LogP contribution in [0, 0.1) is 11.6 Å². The van der Waals surface area contributed by atoms with Gasteiger partial charge in [0.15, 0.2) is 17.7 Å². The highest BCUT2D eigenvalue weighted by Gasteiger charge is 2.42. The lowest BCUT2D eigenvalue weighted by Gasteiger charge is -2.21. The fourth-order valence-corrected chi connectivity index (χ4v) is 1.11. The van der Waals surface area contributed by atoms with Gasteiger partial charge in [-0.05, 0) is 17.7 Å². The maximum Gasteiger partial charge on any atom is 0.416 e. The van der Waals surface area contributed by atoms with Crippen molar-refractivity contribution >= 4 is 0 Å². The Hall–Kier alpha value is -1.21. The van der Waals surface area contributed by atoms with Gasteiger partial charge in [0.05, 0.1) is 6.04 Å². The molecule has 0 saturated carbocycles. The number of nitrogens with two attached hydrogens (primary N) is 1. The summed E-state index contributed by atoms with van der Waals surface area (Å²) in [4.78, 5) is 0. The van der Waals surface area contributed by atoms with Crippen LogP contribution in [0.3, 0.4) is 0 Å². The Morgan fingerprint density at radius 2 is 1.69 bits per heavy atom. The summed E-state index contributed by atoms with van der Waals surface area (Å²) >= 11 is 0. The van der Waals surface area contributed by atoms with Crippen LogP contribution in [0.25, 0.3) is 0 Å². The highest BCUT2D eigenvalue weighted by Crippen LogP contribution is 2.29. The molecule has 0 unspecified atom stereocenters. The average molecular weight is 241 g/mol. The third-order valence-electron chi connectivity index (χ3n) is 2.00. The molecular formula is C9H8F5NO. The number of halogens is 5. The molecule has 1 aromatic carbocycles. The molecule has 0 spiro atoms. The van der Waals surface area contributed by atoms with Gasteiger partial charge in [-0.1, -0.05) is 6.07 Å². The van der Waals surface area contributed by atoms with Crippen molar-refractivity contribution in [1.82, 2.24) is 0 Å². The Bertz CT molecular complexity index is 379. The van der Waals surface area contributed by atoms with Gasteiger partial charge in [-0.2, -0.15) is 13.2 Å². The van der Waals surface area contributed by atoms with Gasteiger partial charge in [0.25, 0.3) is 0 Å². The first-order valence-electron chi connectivity index (χ1n) is 4.19. The summed E-state index contributed by atoms with van der Waals surface area (Å²) in [7, 11) is 0. The van der Waals surface area contributed by atoms with E-state index in [0.29, 0.717) is 12.1 Å². The van der Waals surface area contributed by atoms with Crippen molar-refractivity contribution < 1.29 is 27.1 Å². The van der Waals surface area contributed by atoms with E-state index >= 15 is 0 Å². The zero-order valence-corrected chi connectivity index (χ0v) is 7.80. The summed E-state index contributed by atoms with van der Waals surface area (Å²) in [6.45, 7) is 0. The van der Waals surface area contributed by atoms with Crippen molar-refractivity contribution in [2.75, 3.05) is 0 Å². The maximum absolute atomic E-state index is 12.7. The number of hydrogen-bond acceptors (Lipinski definition) is 2. The molecule has 1 rings (SSSR count). The molecule has 16 heavy (non-hydrogen) atoms. The third kappa shape index (κ3) is 2.67. The molecule has 0 bridgehead atoms. The van der Waals surface area contributed by atoms with E-state index in [4.69, 9.17) is 10.8 Å². The number of aliphatic hydroxyl groups is 1. The van der Waals surface area contributed by atoms with Crippen LogP contribution in [0.2, 0.25) is 0 Å². The van der Waals surface area contributed by atoms with E-state index in [0.717, 1.165) is 6.07 Å². The molecule has 90 valence electrons. The number of aliphatic hydroxyl groups excluding tert-OH is 1. The first-order valence-corrected chi connectivity index (χ1v) is 4.19. The van der Waals surface area contributed by atoms with Crippen LogP contribution in [-0.2, 0) is 0 Å². The molecule has 0 amide bonds. The quantitative estimate of drug-likeness (QED) is 0.776. The molecule has 0 radical (unpaired) electrons. The Balaban J connectivity index is 2.97. The van der Waals surface area contributed by atoms with Crippen LogP contribution in [0.5, 0.6) is 0 Å². The van der Waals surface area contributed by atoms with Crippen LogP contribution >= 0.6 is 0 Å². The van der Waals surface area contributed by atoms with E-state index in [1.807, 2.05) is 0 Å². The standard InChI is InChI=1S/C9H8F5NO/c10-5-2-1-4(3-6(5)11)7(15)8(16)9(12,13)14/h1-3,7-8,16H,15H2/t7-,8-/m0/s1. The first-order chi connectivity index (χ1) is 7.23. The minimum absolute atomic E-state index is 0.330. The molecule has 0 aliphatic rings. The van der Waals surface area contributed by atoms with Gasteiger partial charge in [0, 0.05) is 0 Å². The number of benzene rings is 1. The molecule has 0 aliphatic heterocycles. The zero-order chi connectivity index (χ0) is 12.5. The molecule has 2 atom stereocenters. The van der Waals surface area contributed by atoms with E-state index in [1.54, 1.807) is 0 Å². The Labute approximate surface area is 87.5 Å². The predicted octanol–water partition coefficient (Wildman–Crippen LogP) is 1.89. The third-order valence-corrected chi connectivity index (χ3v) is 2.00. The molecule has 0 fully saturated rings. The number of alkyl halides is 3. The summed E-state index contributed by atoms with van der Waals surface area (Å²) in [5.74, 6) is -2.51. The molecule has 2 nitrogen and oxygen atoms in total. The molecule has 1 aromatic rings. The zero-order valence-electron chi connectivity index (χ0n) is 7.80. The van der Waals surface area contributed by atoms with Crippen molar-refractivity contribution in [2.24, 2.45) is 5.73 Å². The summed E-state index contributed by atoms with van der Waals surface area (Å²) < 4.78 is 61.4. The van der Waals surface area contributed by atoms with Gasteiger partial charge in [0.1, 0.15) is 0 Å². The summed E-state index contributed by atoms with van der Waals surface area (Å²) in [5, 5.41) is 8.80. The van der Waals surface area contributed by atoms with Crippen molar-refractivity contribution in [1.29, 1.82) is 0 Å². The van der Waals surface area contributed by atoms with Gasteiger partial charge in [0.2, 0.25) is 0 Å². The molecule has 3 N–H and O–H groups in total. The average Bonchev–Trinajstić information content (AvgIpc) is 2.18. The van der Waals surface area contributed by atoms with Crippen molar-refractivity contribution in [2.45, 2.75) is 18.3 Å². The fourth-order valence-electron chi connectivity index (χ4n) is 1.11. The molecular weight excluding hydrogens is 233 g/mol. The minimum atomic E-state index is -4.91. The maximum atomic E-state index is 12.7. The summed E-state index contributed by atoms with van der Waals surface area (Å²) in [6, 6.07) is 0.204. The fraction of sp³-hybridized carbons (Fsp3) is 0.333. The second-order valence-electron chi connectivity index (χ2n) is 3.19. The van der Waals surface area contributed by atoms with Crippen LogP contribution in [0.4, 0.5) is 22.0 Å². The van der Waals surface area contributed by atoms with Crippen LogP contribution in [0.15, 0.2) is 18.2 Å². The van der Waals surface area contributed by atoms with Crippen molar-refractivity contribution in [3.05, 3.63) is 35.4 Å². The van der Waals surface area contributed by atoms with Crippen molar-refractivity contribution in [3.63, 3.8) is 0 Å². The largest absolute Gasteiger partial charge is 0.416 e. The number of rotatable bonds is 2. The van der Waals surface area contributed by atoms with E-state index in [-0.39, 0.29) is 5.56 Å². The molecule has 0 aromatic heterocycles. The van der Waals surface area contributed by atoms with Gasteiger partial charge >= 0.3 is 6.18 Å². The van der Waals surface area contributed by atoms with E-state index in [1.165, 1.54) is 0 Å². The monoisotopic (exact) mass is 241 g/mol. The lowest BCUT2D eigenvalue weighted by Crippen LogP contribution is -2.38. The van der Waals surface area contributed by atoms with Crippen LogP contribution < -0.4 is 5.73 Å². The summed E-state index contributed by atoms with van der Waals surface area (Å²) in [6.07, 6.45) is -7.73. The second kappa shape index (κ2) is 4.34. The van der Waals surface area contributed by atoms with Gasteiger partial charge in [-0.15, -0.1) is 0 Å². The highest BCUT2D eigenvalue weighted by molar-refractivity contribution is 5.22. The Kier molecular flexibility index (Phi) is 3.49. The smallest absolute Gasteiger partial charge is 0.382 e. The molecule has 0 saturated heterocycles. The predicted molar refractivity (Wildman–Crippen MR) is 45.3 cm³/mol. The van der Waals surface area contributed by atoms with E-state index in [2.05, 4.69) is 0 Å². The highest BCUT2D eigenvalue weighted by atomic mass is 19.4. The van der Waals surface area contributed by atoms with Crippen LogP contribution in [-0.4, -0.2) is 17.4 Å². The lowest BCUT2D eigenvalue weighted by molar-refractivity contribution is -0.210. The Morgan fingerprint density at radius 3 is 2.12 bits per heavy atom. The van der Waals surface area contributed by atoms with Crippen molar-refractivity contribution in [3.8, 4) is 0 Å². The first kappa shape index (κ1) is 12.9. The van der Waals surface area contributed by atoms with E-state index in [9.17, 15) is 22.0 Å². The molecule has 0 aliphatic carbocycles. The summed E-state index contributed by atoms with van der Waals surface area (Å²) in [5.41, 5.74) is 4.75. The van der Waals surface area contributed by atoms with E-state index < -0.39 is 30.0 Å². The van der Waals surface area contributed by atoms with Gasteiger partial charge < -0.3 is 10.8 Å². The van der Waals surface area contributed by atoms with Gasteiger partial charge in [-0.25, -0.2) is 8.78 Å². The normalized spacial score (nSPS) is 15.9. The molecule has 0 heterocycles. The van der Waals surface area contributed by atoms with Gasteiger partial charge in [-0.3, -0.25) is 0 Å².